The Kier molecular flexibility index (Phi) is 1.42. The average Bonchev–Trinajstić information content (AvgIpc) is 2.41. The smallest absolute Gasteiger partial charge is 0.320 e. The van der Waals surface area contributed by atoms with Crippen LogP contribution in [0.25, 0.3) is 0 Å². The largest absolute Gasteiger partial charge is 0.481 e. The standard InChI is InChI=1S/C7H11NO4/c9-6(10)3-4-1-2-5(8-4)7(11)12/h4-5,8H,1-3H2,(H,9,10)(H,11,12)/t4-,5-/m0/s1/i1D2,3D2. The van der Waals surface area contributed by atoms with Gasteiger partial charge in [-0.25, -0.2) is 0 Å². The van der Waals surface area contributed by atoms with Crippen LogP contribution in [-0.4, -0.2) is 34.2 Å². The molecule has 5 heteroatoms. The first-order valence-electron chi connectivity index (χ1n) is 5.31. The molecule has 5 nitrogen and oxygen atoms in total. The third-order valence-electron chi connectivity index (χ3n) is 1.46. The van der Waals surface area contributed by atoms with Crippen molar-refractivity contribution in [1.82, 2.24) is 5.32 Å². The lowest BCUT2D eigenvalue weighted by Gasteiger charge is -2.07. The summed E-state index contributed by atoms with van der Waals surface area (Å²) < 4.78 is 29.4. The molecule has 0 spiro atoms. The Labute approximate surface area is 75.0 Å². The molecule has 0 radical (unpaired) electrons. The first kappa shape index (κ1) is 4.81. The van der Waals surface area contributed by atoms with E-state index in [1.165, 1.54) is 0 Å². The first-order valence-corrected chi connectivity index (χ1v) is 3.31. The van der Waals surface area contributed by atoms with Crippen LogP contribution in [0.1, 0.15) is 24.6 Å². The maximum atomic E-state index is 10.6. The Morgan fingerprint density at radius 2 is 2.33 bits per heavy atom. The lowest BCUT2D eigenvalue weighted by molar-refractivity contribution is -0.140. The third kappa shape index (κ3) is 2.20. The first-order chi connectivity index (χ1) is 7.09. The van der Waals surface area contributed by atoms with Crippen LogP contribution in [0.3, 0.4) is 0 Å². The van der Waals surface area contributed by atoms with E-state index in [2.05, 4.69) is 5.32 Å². The zero-order chi connectivity index (χ0) is 12.7. The second-order valence-corrected chi connectivity index (χ2v) is 2.35. The molecular weight excluding hydrogens is 162 g/mol. The lowest BCUT2D eigenvalue weighted by atomic mass is 10.1. The Hall–Kier alpha value is -1.10. The summed E-state index contributed by atoms with van der Waals surface area (Å²) in [6, 6.07) is -2.95. The van der Waals surface area contributed by atoms with E-state index in [0.29, 0.717) is 0 Å². The SMILES string of the molecule is [2H]C1([2H])C[C@@H](C(=O)O)N[C@@H]1C([2H])([2H])C(=O)O. The molecule has 1 fully saturated rings. The highest BCUT2D eigenvalue weighted by Crippen LogP contribution is 2.14. The summed E-state index contributed by atoms with van der Waals surface area (Å²) in [7, 11) is 0. The zero-order valence-corrected chi connectivity index (χ0v) is 6.07. The molecule has 1 heterocycles. The van der Waals surface area contributed by atoms with E-state index in [1.807, 2.05) is 0 Å². The van der Waals surface area contributed by atoms with Crippen molar-refractivity contribution >= 4 is 11.9 Å². The van der Waals surface area contributed by atoms with Gasteiger partial charge in [-0.3, -0.25) is 9.59 Å². The monoisotopic (exact) mass is 177 g/mol. The van der Waals surface area contributed by atoms with Crippen LogP contribution in [0.2, 0.25) is 0 Å². The fourth-order valence-electron chi connectivity index (χ4n) is 0.930. The molecule has 0 aromatic rings. The number of carboxylic acid groups (broad SMARTS) is 2. The van der Waals surface area contributed by atoms with Crippen molar-refractivity contribution in [2.24, 2.45) is 0 Å². The predicted molar refractivity (Wildman–Crippen MR) is 39.8 cm³/mol. The van der Waals surface area contributed by atoms with Crippen molar-refractivity contribution in [3.8, 4) is 0 Å². The molecule has 0 saturated carbocycles. The summed E-state index contributed by atoms with van der Waals surface area (Å²) in [4.78, 5) is 21.3. The van der Waals surface area contributed by atoms with Crippen molar-refractivity contribution in [1.29, 1.82) is 0 Å². The van der Waals surface area contributed by atoms with E-state index < -0.39 is 43.2 Å². The molecule has 0 aromatic carbocycles. The van der Waals surface area contributed by atoms with Gasteiger partial charge < -0.3 is 15.5 Å². The number of hydrogen-bond donors (Lipinski definition) is 3. The molecule has 3 N–H and O–H groups in total. The van der Waals surface area contributed by atoms with Gasteiger partial charge >= 0.3 is 11.9 Å². The van der Waals surface area contributed by atoms with E-state index in [4.69, 9.17) is 15.7 Å². The highest BCUT2D eigenvalue weighted by atomic mass is 16.4. The molecule has 1 saturated heterocycles. The molecule has 12 heavy (non-hydrogen) atoms. The molecule has 1 rings (SSSR count). The van der Waals surface area contributed by atoms with Crippen molar-refractivity contribution in [2.75, 3.05) is 0 Å². The molecule has 1 aliphatic rings. The van der Waals surface area contributed by atoms with E-state index in [9.17, 15) is 9.59 Å². The summed E-state index contributed by atoms with van der Waals surface area (Å²) in [5, 5.41) is 19.5. The fraction of sp³-hybridized carbons (Fsp3) is 0.714. The molecule has 0 amide bonds. The Morgan fingerprint density at radius 3 is 2.75 bits per heavy atom. The summed E-state index contributed by atoms with van der Waals surface area (Å²) in [5.74, 6) is -3.15. The van der Waals surface area contributed by atoms with Gasteiger partial charge in [-0.15, -0.1) is 0 Å². The van der Waals surface area contributed by atoms with E-state index in [0.717, 1.165) is 0 Å². The van der Waals surface area contributed by atoms with Gasteiger partial charge in [0.05, 0.1) is 6.37 Å². The normalized spacial score (nSPS) is 39.0. The van der Waals surface area contributed by atoms with Crippen LogP contribution in [0, 0.1) is 0 Å². The highest BCUT2D eigenvalue weighted by Gasteiger charge is 2.29. The number of nitrogens with one attached hydrogen (secondary N) is 1. The lowest BCUT2D eigenvalue weighted by Crippen LogP contribution is -2.36. The van der Waals surface area contributed by atoms with E-state index in [1.54, 1.807) is 0 Å². The van der Waals surface area contributed by atoms with Crippen molar-refractivity contribution in [3.63, 3.8) is 0 Å². The van der Waals surface area contributed by atoms with Crippen LogP contribution in [0.15, 0.2) is 0 Å². The van der Waals surface area contributed by atoms with Crippen LogP contribution in [0.5, 0.6) is 0 Å². The number of rotatable bonds is 3. The maximum absolute atomic E-state index is 10.6. The van der Waals surface area contributed by atoms with Gasteiger partial charge in [0.2, 0.25) is 0 Å². The molecule has 0 unspecified atom stereocenters. The number of aliphatic carboxylic acids is 2. The van der Waals surface area contributed by atoms with Gasteiger partial charge in [0.1, 0.15) is 6.04 Å². The predicted octanol–water partition coefficient (Wildman–Crippen LogP) is -0.334. The van der Waals surface area contributed by atoms with Gasteiger partial charge in [0.15, 0.2) is 0 Å². The van der Waals surface area contributed by atoms with Gasteiger partial charge in [0.25, 0.3) is 0 Å². The maximum Gasteiger partial charge on any atom is 0.320 e. The second kappa shape index (κ2) is 3.53. The molecule has 0 aliphatic carbocycles. The molecule has 2 atom stereocenters. The zero-order valence-electron chi connectivity index (χ0n) is 10.1. The third-order valence-corrected chi connectivity index (χ3v) is 1.46. The fourth-order valence-corrected chi connectivity index (χ4v) is 0.930. The highest BCUT2D eigenvalue weighted by molar-refractivity contribution is 5.74. The summed E-state index contributed by atoms with van der Waals surface area (Å²) in [6.45, 7) is 0. The van der Waals surface area contributed by atoms with Crippen LogP contribution in [0.4, 0.5) is 0 Å². The minimum absolute atomic E-state index is 0.459. The molecule has 0 bridgehead atoms. The number of hydrogen-bond acceptors (Lipinski definition) is 3. The van der Waals surface area contributed by atoms with Crippen LogP contribution >= 0.6 is 0 Å². The second-order valence-electron chi connectivity index (χ2n) is 2.35. The van der Waals surface area contributed by atoms with Gasteiger partial charge in [-0.05, 0) is 12.8 Å². The Morgan fingerprint density at radius 1 is 1.67 bits per heavy atom. The van der Waals surface area contributed by atoms with Gasteiger partial charge in [0, 0.05) is 11.5 Å². The molecule has 0 aromatic heterocycles. The molecule has 1 aliphatic heterocycles. The quantitative estimate of drug-likeness (QED) is 0.549. The van der Waals surface area contributed by atoms with Crippen molar-refractivity contribution < 1.29 is 25.3 Å². The summed E-state index contributed by atoms with van der Waals surface area (Å²) in [6.07, 6.45) is -5.53. The van der Waals surface area contributed by atoms with Gasteiger partial charge in [-0.1, -0.05) is 0 Å². The Balaban J connectivity index is 2.98. The Bertz CT molecular complexity index is 332. The number of carboxylic acids is 2. The average molecular weight is 177 g/mol. The van der Waals surface area contributed by atoms with Gasteiger partial charge in [-0.2, -0.15) is 0 Å². The minimum Gasteiger partial charge on any atom is -0.481 e. The van der Waals surface area contributed by atoms with E-state index in [-0.39, 0.29) is 0 Å². The van der Waals surface area contributed by atoms with Crippen molar-refractivity contribution in [2.45, 2.75) is 31.3 Å². The van der Waals surface area contributed by atoms with Crippen molar-refractivity contribution in [3.05, 3.63) is 0 Å². The molecule has 68 valence electrons. The van der Waals surface area contributed by atoms with E-state index >= 15 is 0 Å². The minimum atomic E-state index is -2.85. The van der Waals surface area contributed by atoms with Crippen LogP contribution < -0.4 is 5.32 Å². The summed E-state index contributed by atoms with van der Waals surface area (Å²) >= 11 is 0. The topological polar surface area (TPSA) is 86.6 Å². The number of carbonyl (C=O) groups is 2. The summed E-state index contributed by atoms with van der Waals surface area (Å²) in [5.41, 5.74) is 0. The molecular formula is C7H11NO4. The van der Waals surface area contributed by atoms with Crippen LogP contribution in [-0.2, 0) is 9.59 Å².